The number of nitrogens with zero attached hydrogens (tertiary/aromatic N) is 2. The molecule has 1 N–H and O–H groups in total. The number of nitro groups is 1. The first-order chi connectivity index (χ1) is 11.0. The number of amides is 1. The molecule has 0 saturated carbocycles. The number of benzene rings is 1. The summed E-state index contributed by atoms with van der Waals surface area (Å²) in [5.74, 6) is -1.30. The Balaban J connectivity index is 1.95. The number of carboxylic acid groups (broad SMARTS) is 1. The molecule has 0 unspecified atom stereocenters. The van der Waals surface area contributed by atoms with Crippen LogP contribution < -0.4 is 9.64 Å². The third-order valence-corrected chi connectivity index (χ3v) is 3.28. The van der Waals surface area contributed by atoms with E-state index in [9.17, 15) is 19.7 Å². The highest BCUT2D eigenvalue weighted by molar-refractivity contribution is 5.98. The van der Waals surface area contributed by atoms with Crippen molar-refractivity contribution in [2.45, 2.75) is 6.54 Å². The van der Waals surface area contributed by atoms with Crippen molar-refractivity contribution in [3.63, 3.8) is 0 Å². The number of hydrogen-bond donors (Lipinski definition) is 1. The monoisotopic (exact) mass is 318 g/mol. The first-order valence-electron chi connectivity index (χ1n) is 6.49. The molecule has 0 saturated heterocycles. The Morgan fingerprint density at radius 1 is 1.35 bits per heavy atom. The van der Waals surface area contributed by atoms with Gasteiger partial charge in [-0.2, -0.15) is 0 Å². The summed E-state index contributed by atoms with van der Waals surface area (Å²) in [7, 11) is 0. The lowest BCUT2D eigenvalue weighted by Gasteiger charge is -2.28. The van der Waals surface area contributed by atoms with Crippen LogP contribution in [-0.4, -0.2) is 28.5 Å². The van der Waals surface area contributed by atoms with Gasteiger partial charge in [0.05, 0.1) is 17.2 Å². The summed E-state index contributed by atoms with van der Waals surface area (Å²) < 4.78 is 10.4. The number of hydrogen-bond acceptors (Lipinski definition) is 6. The van der Waals surface area contributed by atoms with Gasteiger partial charge < -0.3 is 14.3 Å². The van der Waals surface area contributed by atoms with Gasteiger partial charge in [-0.15, -0.1) is 0 Å². The highest BCUT2D eigenvalue weighted by Crippen LogP contribution is 2.36. The van der Waals surface area contributed by atoms with Crippen molar-refractivity contribution in [3.05, 3.63) is 52.0 Å². The zero-order chi connectivity index (χ0) is 16.6. The molecule has 1 aromatic heterocycles. The Bertz CT molecular complexity index is 811. The zero-order valence-corrected chi connectivity index (χ0v) is 11.6. The van der Waals surface area contributed by atoms with Crippen LogP contribution in [0.4, 0.5) is 11.4 Å². The summed E-state index contributed by atoms with van der Waals surface area (Å²) in [6.07, 6.45) is 0. The molecule has 1 aliphatic heterocycles. The molecule has 2 aromatic rings. The maximum absolute atomic E-state index is 12.1. The van der Waals surface area contributed by atoms with Crippen LogP contribution in [0.3, 0.4) is 0 Å². The molecule has 23 heavy (non-hydrogen) atoms. The number of furan rings is 1. The second-order valence-electron chi connectivity index (χ2n) is 4.75. The first-order valence-corrected chi connectivity index (χ1v) is 6.49. The van der Waals surface area contributed by atoms with Crippen molar-refractivity contribution >= 4 is 23.3 Å². The summed E-state index contributed by atoms with van der Waals surface area (Å²) >= 11 is 0. The number of carbonyl (C=O) groups excluding carboxylic acids is 1. The van der Waals surface area contributed by atoms with E-state index in [0.717, 1.165) is 0 Å². The standard InChI is InChI=1S/C14H10N2O7/c17-13-7-22-11-3-1-8(16(20)21)5-10(11)15(13)6-9-2-4-12(23-9)14(18)19/h1-5H,6-7H2,(H,18,19). The van der Waals surface area contributed by atoms with Crippen LogP contribution in [0.5, 0.6) is 5.75 Å². The predicted molar refractivity (Wildman–Crippen MR) is 75.4 cm³/mol. The SMILES string of the molecule is O=C(O)c1ccc(CN2C(=O)COc3ccc([N+](=O)[O-])cc32)o1. The summed E-state index contributed by atoms with van der Waals surface area (Å²) in [5, 5.41) is 19.7. The largest absolute Gasteiger partial charge is 0.482 e. The van der Waals surface area contributed by atoms with Gasteiger partial charge in [-0.1, -0.05) is 0 Å². The molecular weight excluding hydrogens is 308 g/mol. The number of anilines is 1. The third kappa shape index (κ3) is 2.71. The van der Waals surface area contributed by atoms with E-state index < -0.39 is 16.8 Å². The topological polar surface area (TPSA) is 123 Å². The van der Waals surface area contributed by atoms with E-state index >= 15 is 0 Å². The molecule has 0 fully saturated rings. The molecule has 1 aliphatic rings. The minimum atomic E-state index is -1.22. The molecule has 0 radical (unpaired) electrons. The molecule has 0 bridgehead atoms. The second kappa shape index (κ2) is 5.44. The molecule has 1 amide bonds. The molecule has 2 heterocycles. The number of aromatic carboxylic acids is 1. The van der Waals surface area contributed by atoms with E-state index in [0.29, 0.717) is 5.75 Å². The number of non-ortho nitro benzene ring substituents is 1. The van der Waals surface area contributed by atoms with Gasteiger partial charge in [-0.3, -0.25) is 19.8 Å². The summed E-state index contributed by atoms with van der Waals surface area (Å²) in [6, 6.07) is 6.63. The molecule has 0 aliphatic carbocycles. The number of carboxylic acids is 1. The van der Waals surface area contributed by atoms with E-state index in [1.807, 2.05) is 0 Å². The minimum absolute atomic E-state index is 0.0519. The maximum Gasteiger partial charge on any atom is 0.371 e. The maximum atomic E-state index is 12.1. The van der Waals surface area contributed by atoms with Crippen LogP contribution in [0, 0.1) is 10.1 Å². The van der Waals surface area contributed by atoms with Crippen LogP contribution in [0.25, 0.3) is 0 Å². The third-order valence-electron chi connectivity index (χ3n) is 3.28. The average molecular weight is 318 g/mol. The van der Waals surface area contributed by atoms with Crippen molar-refractivity contribution in [1.82, 2.24) is 0 Å². The van der Waals surface area contributed by atoms with E-state index in [2.05, 4.69) is 0 Å². The zero-order valence-electron chi connectivity index (χ0n) is 11.6. The quantitative estimate of drug-likeness (QED) is 0.673. The smallest absolute Gasteiger partial charge is 0.371 e. The van der Waals surface area contributed by atoms with Crippen molar-refractivity contribution in [3.8, 4) is 5.75 Å². The molecule has 0 spiro atoms. The second-order valence-corrected chi connectivity index (χ2v) is 4.75. The Morgan fingerprint density at radius 3 is 2.78 bits per heavy atom. The van der Waals surface area contributed by atoms with Crippen molar-refractivity contribution in [2.24, 2.45) is 0 Å². The van der Waals surface area contributed by atoms with E-state index in [4.69, 9.17) is 14.3 Å². The van der Waals surface area contributed by atoms with Gasteiger partial charge in [0, 0.05) is 12.1 Å². The van der Waals surface area contributed by atoms with Crippen LogP contribution >= 0.6 is 0 Å². The van der Waals surface area contributed by atoms with Crippen LogP contribution in [0.1, 0.15) is 16.3 Å². The summed E-state index contributed by atoms with van der Waals surface area (Å²) in [4.78, 5) is 34.4. The van der Waals surface area contributed by atoms with Crippen LogP contribution in [-0.2, 0) is 11.3 Å². The predicted octanol–water partition coefficient (Wildman–Crippen LogP) is 1.81. The number of rotatable bonds is 4. The fraction of sp³-hybridized carbons (Fsp3) is 0.143. The Morgan fingerprint density at radius 2 is 2.13 bits per heavy atom. The molecule has 1 aromatic carbocycles. The van der Waals surface area contributed by atoms with E-state index in [-0.39, 0.29) is 36.0 Å². The Kier molecular flexibility index (Phi) is 3.45. The van der Waals surface area contributed by atoms with Gasteiger partial charge in [-0.25, -0.2) is 4.79 Å². The fourth-order valence-electron chi connectivity index (χ4n) is 2.21. The van der Waals surface area contributed by atoms with Gasteiger partial charge in [-0.05, 0) is 18.2 Å². The lowest BCUT2D eigenvalue weighted by Crippen LogP contribution is -2.38. The van der Waals surface area contributed by atoms with Gasteiger partial charge in [0.25, 0.3) is 11.6 Å². The lowest BCUT2D eigenvalue weighted by atomic mass is 10.2. The van der Waals surface area contributed by atoms with Crippen molar-refractivity contribution in [2.75, 3.05) is 11.5 Å². The van der Waals surface area contributed by atoms with Gasteiger partial charge >= 0.3 is 5.97 Å². The molecular formula is C14H10N2O7. The number of ether oxygens (including phenoxy) is 1. The van der Waals surface area contributed by atoms with Gasteiger partial charge in [0.2, 0.25) is 5.76 Å². The van der Waals surface area contributed by atoms with Gasteiger partial charge in [0.15, 0.2) is 6.61 Å². The molecule has 9 nitrogen and oxygen atoms in total. The van der Waals surface area contributed by atoms with E-state index in [1.54, 1.807) is 0 Å². The summed E-state index contributed by atoms with van der Waals surface area (Å²) in [5.41, 5.74) is 0.0569. The number of carbonyl (C=O) groups is 2. The average Bonchev–Trinajstić information content (AvgIpc) is 2.98. The molecule has 118 valence electrons. The highest BCUT2D eigenvalue weighted by Gasteiger charge is 2.28. The number of fused-ring (bicyclic) bond motifs is 1. The molecule has 3 rings (SSSR count). The van der Waals surface area contributed by atoms with Crippen LogP contribution in [0.2, 0.25) is 0 Å². The highest BCUT2D eigenvalue weighted by atomic mass is 16.6. The minimum Gasteiger partial charge on any atom is -0.482 e. The summed E-state index contributed by atoms with van der Waals surface area (Å²) in [6.45, 7) is -0.263. The van der Waals surface area contributed by atoms with Gasteiger partial charge in [0.1, 0.15) is 11.5 Å². The Hall–Kier alpha value is -3.36. The van der Waals surface area contributed by atoms with E-state index in [1.165, 1.54) is 35.2 Å². The fourth-order valence-corrected chi connectivity index (χ4v) is 2.21. The Labute approximate surface area is 128 Å². The molecule has 0 atom stereocenters. The number of nitro benzene ring substituents is 1. The van der Waals surface area contributed by atoms with Crippen LogP contribution in [0.15, 0.2) is 34.7 Å². The molecule has 9 heteroatoms. The van der Waals surface area contributed by atoms with Crippen molar-refractivity contribution < 1.29 is 28.8 Å². The lowest BCUT2D eigenvalue weighted by molar-refractivity contribution is -0.384. The van der Waals surface area contributed by atoms with Crippen molar-refractivity contribution in [1.29, 1.82) is 0 Å². The first kappa shape index (κ1) is 14.6. The normalized spacial score (nSPS) is 13.4.